The van der Waals surface area contributed by atoms with Crippen LogP contribution in [0, 0.1) is 0 Å². The molecule has 0 saturated heterocycles. The normalized spacial score (nSPS) is 11.3. The second kappa shape index (κ2) is 7.67. The van der Waals surface area contributed by atoms with Gasteiger partial charge in [0.1, 0.15) is 6.15 Å². The zero-order valence-corrected chi connectivity index (χ0v) is 15.8. The summed E-state index contributed by atoms with van der Waals surface area (Å²) in [5, 5.41) is 0. The number of rotatable bonds is 5. The highest BCUT2D eigenvalue weighted by molar-refractivity contribution is 7.19. The van der Waals surface area contributed by atoms with Crippen molar-refractivity contribution in [3.63, 3.8) is 0 Å². The summed E-state index contributed by atoms with van der Waals surface area (Å²) >= 11 is 0. The van der Waals surface area contributed by atoms with Gasteiger partial charge in [-0.15, -0.1) is 0 Å². The van der Waals surface area contributed by atoms with Crippen molar-refractivity contribution in [2.75, 3.05) is 0 Å². The Bertz CT molecular complexity index is 895. The first-order chi connectivity index (χ1) is 13.4. The minimum atomic E-state index is -1.24. The SMILES string of the molecule is CCc1cccc([B-](c2ccccc2)(c2ccccc2)c2ccccc2)c1. The van der Waals surface area contributed by atoms with Crippen molar-refractivity contribution >= 4 is 28.0 Å². The van der Waals surface area contributed by atoms with Gasteiger partial charge in [0, 0.05) is 0 Å². The van der Waals surface area contributed by atoms with E-state index in [-0.39, 0.29) is 0 Å². The molecule has 0 fully saturated rings. The van der Waals surface area contributed by atoms with E-state index in [0.29, 0.717) is 0 Å². The highest BCUT2D eigenvalue weighted by atomic mass is 14.1. The summed E-state index contributed by atoms with van der Waals surface area (Å²) in [7, 11) is 0. The second-order valence-electron chi connectivity index (χ2n) is 7.20. The Balaban J connectivity index is 2.12. The van der Waals surface area contributed by atoms with Crippen molar-refractivity contribution in [3.8, 4) is 0 Å². The van der Waals surface area contributed by atoms with Gasteiger partial charge in [0.25, 0.3) is 0 Å². The Hall–Kier alpha value is -3.06. The van der Waals surface area contributed by atoms with E-state index in [0.717, 1.165) is 6.42 Å². The van der Waals surface area contributed by atoms with Gasteiger partial charge in [-0.25, -0.2) is 0 Å². The lowest BCUT2D eigenvalue weighted by Gasteiger charge is -2.44. The van der Waals surface area contributed by atoms with Gasteiger partial charge in [-0.2, -0.15) is 21.9 Å². The molecule has 0 bridgehead atoms. The third kappa shape index (κ3) is 3.10. The molecule has 4 aromatic rings. The first kappa shape index (κ1) is 17.4. The van der Waals surface area contributed by atoms with Crippen molar-refractivity contribution < 1.29 is 0 Å². The summed E-state index contributed by atoms with van der Waals surface area (Å²) in [5.74, 6) is 0. The van der Waals surface area contributed by atoms with E-state index in [1.165, 1.54) is 27.4 Å². The molecule has 0 radical (unpaired) electrons. The summed E-state index contributed by atoms with van der Waals surface area (Å²) in [4.78, 5) is 0. The quantitative estimate of drug-likeness (QED) is 0.484. The van der Waals surface area contributed by atoms with Crippen molar-refractivity contribution in [2.45, 2.75) is 13.3 Å². The summed E-state index contributed by atoms with van der Waals surface area (Å²) in [6, 6.07) is 42.0. The molecule has 1 heteroatoms. The Morgan fingerprint density at radius 2 is 0.889 bits per heavy atom. The van der Waals surface area contributed by atoms with Crippen molar-refractivity contribution in [1.82, 2.24) is 0 Å². The fourth-order valence-electron chi connectivity index (χ4n) is 4.46. The van der Waals surface area contributed by atoms with E-state index < -0.39 is 6.15 Å². The van der Waals surface area contributed by atoms with Crippen LogP contribution in [0.25, 0.3) is 0 Å². The number of benzene rings is 4. The molecule has 0 saturated carbocycles. The molecule has 132 valence electrons. The van der Waals surface area contributed by atoms with E-state index in [1.807, 2.05) is 0 Å². The maximum atomic E-state index is 2.40. The monoisotopic (exact) mass is 347 g/mol. The van der Waals surface area contributed by atoms with Gasteiger partial charge < -0.3 is 0 Å². The lowest BCUT2D eigenvalue weighted by atomic mass is 9.13. The maximum Gasteiger partial charge on any atom is 0.108 e. The third-order valence-electron chi connectivity index (χ3n) is 5.76. The van der Waals surface area contributed by atoms with Crippen LogP contribution in [0.1, 0.15) is 12.5 Å². The molecule has 0 aliphatic heterocycles. The van der Waals surface area contributed by atoms with Crippen LogP contribution in [0.15, 0.2) is 115 Å². The molecule has 0 atom stereocenters. The summed E-state index contributed by atoms with van der Waals surface area (Å²) < 4.78 is 0. The van der Waals surface area contributed by atoms with Crippen molar-refractivity contribution in [3.05, 3.63) is 121 Å². The number of aryl methyl sites for hydroxylation is 1. The van der Waals surface area contributed by atoms with Crippen LogP contribution in [0.3, 0.4) is 0 Å². The highest BCUT2D eigenvalue weighted by Crippen LogP contribution is 2.11. The third-order valence-corrected chi connectivity index (χ3v) is 5.76. The Labute approximate surface area is 162 Å². The first-order valence-corrected chi connectivity index (χ1v) is 9.77. The van der Waals surface area contributed by atoms with E-state index in [1.54, 1.807) is 0 Å². The molecule has 0 unspecified atom stereocenters. The Kier molecular flexibility index (Phi) is 4.94. The van der Waals surface area contributed by atoms with Gasteiger partial charge in [0.15, 0.2) is 0 Å². The zero-order valence-electron chi connectivity index (χ0n) is 15.8. The second-order valence-corrected chi connectivity index (χ2v) is 7.20. The van der Waals surface area contributed by atoms with Gasteiger partial charge >= 0.3 is 0 Å². The molecule has 0 aliphatic rings. The molecule has 0 aromatic heterocycles. The largest absolute Gasteiger partial charge is 0.195 e. The van der Waals surface area contributed by atoms with Crippen LogP contribution in [0.5, 0.6) is 0 Å². The number of hydrogen-bond acceptors (Lipinski definition) is 0. The lowest BCUT2D eigenvalue weighted by molar-refractivity contribution is 1.14. The minimum absolute atomic E-state index is 1.04. The summed E-state index contributed by atoms with van der Waals surface area (Å²) in [5.41, 5.74) is 6.80. The maximum absolute atomic E-state index is 2.40. The molecular weight excluding hydrogens is 323 g/mol. The van der Waals surface area contributed by atoms with Crippen LogP contribution in [-0.2, 0) is 6.42 Å². The van der Waals surface area contributed by atoms with Crippen LogP contribution in [-0.4, -0.2) is 6.15 Å². The van der Waals surface area contributed by atoms with E-state index in [2.05, 4.69) is 122 Å². The highest BCUT2D eigenvalue weighted by Gasteiger charge is 2.31. The van der Waals surface area contributed by atoms with E-state index >= 15 is 0 Å². The average Bonchev–Trinajstić information content (AvgIpc) is 2.77. The smallest absolute Gasteiger partial charge is 0.108 e. The molecular formula is C26H24B-. The summed E-state index contributed by atoms with van der Waals surface area (Å²) in [6.45, 7) is 2.22. The summed E-state index contributed by atoms with van der Waals surface area (Å²) in [6.07, 6.45) is -0.202. The molecule has 27 heavy (non-hydrogen) atoms. The molecule has 0 aliphatic carbocycles. The van der Waals surface area contributed by atoms with Gasteiger partial charge in [0.05, 0.1) is 0 Å². The molecule has 0 N–H and O–H groups in total. The zero-order chi connectivity index (χ0) is 18.5. The van der Waals surface area contributed by atoms with Crippen molar-refractivity contribution in [1.29, 1.82) is 0 Å². The fraction of sp³-hybridized carbons (Fsp3) is 0.0769. The molecule has 4 rings (SSSR count). The minimum Gasteiger partial charge on any atom is -0.195 e. The van der Waals surface area contributed by atoms with Crippen LogP contribution in [0.4, 0.5) is 0 Å². The molecule has 0 amide bonds. The Morgan fingerprint density at radius 1 is 0.481 bits per heavy atom. The predicted molar refractivity (Wildman–Crippen MR) is 119 cm³/mol. The van der Waals surface area contributed by atoms with Gasteiger partial charge in [-0.1, -0.05) is 128 Å². The fourth-order valence-corrected chi connectivity index (χ4v) is 4.46. The van der Waals surface area contributed by atoms with E-state index in [9.17, 15) is 0 Å². The van der Waals surface area contributed by atoms with Crippen LogP contribution in [0.2, 0.25) is 0 Å². The number of hydrogen-bond donors (Lipinski definition) is 0. The van der Waals surface area contributed by atoms with Gasteiger partial charge in [0.2, 0.25) is 0 Å². The standard InChI is InChI=1S/C26H24B/c1-2-22-13-12-20-26(21-22)27(23-14-6-3-7-15-23,24-16-8-4-9-17-24)25-18-10-5-11-19-25/h3-21H,2H2,1H3/q-1. The Morgan fingerprint density at radius 3 is 1.30 bits per heavy atom. The van der Waals surface area contributed by atoms with Gasteiger partial charge in [-0.3, -0.25) is 0 Å². The molecule has 4 aromatic carbocycles. The van der Waals surface area contributed by atoms with E-state index in [4.69, 9.17) is 0 Å². The average molecular weight is 347 g/mol. The van der Waals surface area contributed by atoms with Gasteiger partial charge in [-0.05, 0) is 6.42 Å². The topological polar surface area (TPSA) is 0 Å². The van der Waals surface area contributed by atoms with Crippen molar-refractivity contribution in [2.24, 2.45) is 0 Å². The molecule has 0 heterocycles. The first-order valence-electron chi connectivity index (χ1n) is 9.77. The lowest BCUT2D eigenvalue weighted by Crippen LogP contribution is -2.74. The van der Waals surface area contributed by atoms with Crippen LogP contribution < -0.4 is 21.9 Å². The predicted octanol–water partition coefficient (Wildman–Crippen LogP) is 3.63. The molecule has 0 spiro atoms. The van der Waals surface area contributed by atoms with Crippen LogP contribution >= 0.6 is 0 Å². The molecule has 0 nitrogen and oxygen atoms in total.